The van der Waals surface area contributed by atoms with Crippen LogP contribution in [0.1, 0.15) is 10.5 Å². The molecule has 0 aliphatic carbocycles. The fraction of sp³-hybridized carbons (Fsp3) is 0.273. The summed E-state index contributed by atoms with van der Waals surface area (Å²) < 4.78 is 11.7. The van der Waals surface area contributed by atoms with Gasteiger partial charge in [0.2, 0.25) is 5.91 Å². The third-order valence-corrected chi connectivity index (χ3v) is 6.78. The Labute approximate surface area is 200 Å². The van der Waals surface area contributed by atoms with Crippen molar-refractivity contribution in [1.82, 2.24) is 25.5 Å². The van der Waals surface area contributed by atoms with Gasteiger partial charge in [0.1, 0.15) is 11.7 Å². The van der Waals surface area contributed by atoms with Crippen LogP contribution in [0.3, 0.4) is 0 Å². The number of carbonyl (C=O) groups is 2. The molecular formula is C22H24N5O5PS. The van der Waals surface area contributed by atoms with Crippen LogP contribution in [0.2, 0.25) is 0 Å². The van der Waals surface area contributed by atoms with Crippen LogP contribution >= 0.6 is 18.9 Å². The van der Waals surface area contributed by atoms with E-state index in [9.17, 15) is 23.9 Å². The maximum atomic E-state index is 13.2. The topological polar surface area (TPSA) is 145 Å². The quantitative estimate of drug-likeness (QED) is 0.357. The summed E-state index contributed by atoms with van der Waals surface area (Å²) in [6.07, 6.45) is -0.796. The Kier molecular flexibility index (Phi) is 7.50. The highest BCUT2D eigenvalue weighted by Crippen LogP contribution is 2.35. The summed E-state index contributed by atoms with van der Waals surface area (Å²) in [7, 11) is -4.59. The van der Waals surface area contributed by atoms with Crippen molar-refractivity contribution in [3.63, 3.8) is 0 Å². The largest absolute Gasteiger partial charge is 0.338 e. The molecule has 0 radical (unpaired) electrons. The third-order valence-electron chi connectivity index (χ3n) is 5.26. The van der Waals surface area contributed by atoms with Crippen LogP contribution in [0, 0.1) is 0 Å². The summed E-state index contributed by atoms with van der Waals surface area (Å²) in [5, 5.41) is 9.40. The van der Waals surface area contributed by atoms with Crippen molar-refractivity contribution in [2.45, 2.75) is 6.04 Å². The average Bonchev–Trinajstić information content (AvgIpc) is 3.38. The highest BCUT2D eigenvalue weighted by atomic mass is 32.1. The number of nitrogens with one attached hydrogen (secondary N) is 2. The number of carbonyl (C=O) groups excluding carboxylic acids is 2. The standard InChI is InChI=1S/C22H24N5O5PS/c28-21(26-19(13-33(30,31)32)22(29)27-9-7-23-8-10-27)18-12-17(16-6-11-34-14-16)24-20(25-18)15-4-2-1-3-5-15/h1-6,11-12,14,19,23H,7-10,13H2,(H,26,28)(H2,30,31,32). The molecule has 1 aliphatic rings. The van der Waals surface area contributed by atoms with Crippen LogP contribution in [0.15, 0.2) is 53.2 Å². The van der Waals surface area contributed by atoms with E-state index in [1.165, 1.54) is 22.3 Å². The second-order valence-electron chi connectivity index (χ2n) is 7.79. The summed E-state index contributed by atoms with van der Waals surface area (Å²) in [4.78, 5) is 55.7. The van der Waals surface area contributed by atoms with Gasteiger partial charge in [-0.25, -0.2) is 9.97 Å². The summed E-state index contributed by atoms with van der Waals surface area (Å²) in [6.45, 7) is 1.91. The van der Waals surface area contributed by atoms with Crippen LogP contribution < -0.4 is 10.6 Å². The number of hydrogen-bond acceptors (Lipinski definition) is 7. The molecule has 0 bridgehead atoms. The molecule has 1 saturated heterocycles. The summed E-state index contributed by atoms with van der Waals surface area (Å²) in [5.41, 5.74) is 2.04. The average molecular weight is 502 g/mol. The van der Waals surface area contributed by atoms with Crippen LogP contribution in [-0.4, -0.2) is 74.9 Å². The molecule has 3 aromatic rings. The molecule has 34 heavy (non-hydrogen) atoms. The molecular weight excluding hydrogens is 477 g/mol. The Morgan fingerprint density at radius 3 is 2.50 bits per heavy atom. The minimum Gasteiger partial charge on any atom is -0.338 e. The fourth-order valence-corrected chi connectivity index (χ4v) is 4.97. The number of rotatable bonds is 7. The Bertz CT molecular complexity index is 1200. The lowest BCUT2D eigenvalue weighted by Gasteiger charge is -2.31. The van der Waals surface area contributed by atoms with Crippen molar-refractivity contribution < 1.29 is 23.9 Å². The number of thiophene rings is 1. The van der Waals surface area contributed by atoms with Crippen LogP contribution in [0.4, 0.5) is 0 Å². The van der Waals surface area contributed by atoms with Crippen LogP contribution in [0.5, 0.6) is 0 Å². The van der Waals surface area contributed by atoms with Gasteiger partial charge >= 0.3 is 7.60 Å². The van der Waals surface area contributed by atoms with Crippen molar-refractivity contribution in [2.24, 2.45) is 0 Å². The lowest BCUT2D eigenvalue weighted by atomic mass is 10.1. The summed E-state index contributed by atoms with van der Waals surface area (Å²) in [6, 6.07) is 11.1. The molecule has 0 saturated carbocycles. The molecule has 4 N–H and O–H groups in total. The van der Waals surface area contributed by atoms with Gasteiger partial charge in [-0.3, -0.25) is 14.2 Å². The first-order valence-electron chi connectivity index (χ1n) is 10.6. The minimum absolute atomic E-state index is 0.00104. The van der Waals surface area contributed by atoms with E-state index >= 15 is 0 Å². The SMILES string of the molecule is O=C(NC(CP(=O)(O)O)C(=O)N1CCNCC1)c1cc(-c2ccsc2)nc(-c2ccccc2)n1. The van der Waals surface area contributed by atoms with E-state index in [1.54, 1.807) is 0 Å². The van der Waals surface area contributed by atoms with E-state index in [-0.39, 0.29) is 5.69 Å². The van der Waals surface area contributed by atoms with E-state index in [4.69, 9.17) is 0 Å². The molecule has 4 rings (SSSR count). The van der Waals surface area contributed by atoms with Crippen LogP contribution in [-0.2, 0) is 9.36 Å². The maximum absolute atomic E-state index is 13.2. The van der Waals surface area contributed by atoms with E-state index in [2.05, 4.69) is 20.6 Å². The number of piperazine rings is 1. The number of aromatic nitrogens is 2. The molecule has 10 nitrogen and oxygen atoms in total. The van der Waals surface area contributed by atoms with Crippen molar-refractivity contribution in [3.05, 3.63) is 58.9 Å². The number of hydrogen-bond donors (Lipinski definition) is 4. The smallest absolute Gasteiger partial charge is 0.328 e. The van der Waals surface area contributed by atoms with E-state index in [0.717, 1.165) is 5.56 Å². The predicted molar refractivity (Wildman–Crippen MR) is 128 cm³/mol. The molecule has 2 aromatic heterocycles. The lowest BCUT2D eigenvalue weighted by Crippen LogP contribution is -2.55. The first-order chi connectivity index (χ1) is 16.3. The van der Waals surface area contributed by atoms with E-state index < -0.39 is 31.6 Å². The van der Waals surface area contributed by atoms with E-state index in [1.807, 2.05) is 47.2 Å². The van der Waals surface area contributed by atoms with Crippen molar-refractivity contribution in [1.29, 1.82) is 0 Å². The second-order valence-corrected chi connectivity index (χ2v) is 10.3. The highest BCUT2D eigenvalue weighted by Gasteiger charge is 2.33. The molecule has 1 fully saturated rings. The third kappa shape index (κ3) is 6.13. The second kappa shape index (κ2) is 10.5. The molecule has 0 spiro atoms. The predicted octanol–water partition coefficient (Wildman–Crippen LogP) is 1.58. The summed E-state index contributed by atoms with van der Waals surface area (Å²) >= 11 is 1.48. The lowest BCUT2D eigenvalue weighted by molar-refractivity contribution is -0.133. The molecule has 12 heteroatoms. The van der Waals surface area contributed by atoms with E-state index in [0.29, 0.717) is 43.3 Å². The number of benzene rings is 1. The van der Waals surface area contributed by atoms with Gasteiger partial charge in [0.15, 0.2) is 5.82 Å². The first kappa shape index (κ1) is 24.2. The Balaban J connectivity index is 1.66. The highest BCUT2D eigenvalue weighted by molar-refractivity contribution is 7.51. The van der Waals surface area contributed by atoms with Gasteiger partial charge in [0, 0.05) is 42.7 Å². The zero-order valence-corrected chi connectivity index (χ0v) is 19.8. The molecule has 178 valence electrons. The van der Waals surface area contributed by atoms with Gasteiger partial charge in [0.25, 0.3) is 5.91 Å². The first-order valence-corrected chi connectivity index (χ1v) is 13.4. The van der Waals surface area contributed by atoms with Gasteiger partial charge in [-0.1, -0.05) is 30.3 Å². The minimum atomic E-state index is -4.59. The molecule has 1 atom stereocenters. The van der Waals surface area contributed by atoms with Crippen molar-refractivity contribution in [3.8, 4) is 22.6 Å². The monoisotopic (exact) mass is 501 g/mol. The van der Waals surface area contributed by atoms with Crippen molar-refractivity contribution >= 4 is 30.7 Å². The summed E-state index contributed by atoms with van der Waals surface area (Å²) in [5.74, 6) is -0.916. The van der Waals surface area contributed by atoms with Gasteiger partial charge < -0.3 is 25.3 Å². The Morgan fingerprint density at radius 2 is 1.85 bits per heavy atom. The number of amides is 2. The van der Waals surface area contributed by atoms with Gasteiger partial charge in [0.05, 0.1) is 11.9 Å². The molecule has 3 heterocycles. The van der Waals surface area contributed by atoms with Crippen molar-refractivity contribution in [2.75, 3.05) is 32.3 Å². The van der Waals surface area contributed by atoms with Gasteiger partial charge in [-0.2, -0.15) is 11.3 Å². The molecule has 1 aliphatic heterocycles. The van der Waals surface area contributed by atoms with Gasteiger partial charge in [-0.05, 0) is 17.5 Å². The fourth-order valence-electron chi connectivity index (χ4n) is 3.60. The zero-order chi connectivity index (χ0) is 24.1. The Hall–Kier alpha value is -2.95. The van der Waals surface area contributed by atoms with Gasteiger partial charge in [-0.15, -0.1) is 0 Å². The Morgan fingerprint density at radius 1 is 1.12 bits per heavy atom. The molecule has 1 unspecified atom stereocenters. The normalized spacial score (nSPS) is 15.1. The molecule has 2 amide bonds. The maximum Gasteiger partial charge on any atom is 0.328 e. The molecule has 1 aromatic carbocycles. The number of nitrogens with zero attached hydrogens (tertiary/aromatic N) is 3. The zero-order valence-electron chi connectivity index (χ0n) is 18.1. The van der Waals surface area contributed by atoms with Crippen LogP contribution in [0.25, 0.3) is 22.6 Å².